The number of piperazine rings is 1. The minimum Gasteiger partial charge on any atom is -0.368 e. The summed E-state index contributed by atoms with van der Waals surface area (Å²) in [5.74, 6) is -0.116. The van der Waals surface area contributed by atoms with Crippen LogP contribution >= 0.6 is 0 Å². The molecule has 0 radical (unpaired) electrons. The third-order valence-electron chi connectivity index (χ3n) is 4.60. The van der Waals surface area contributed by atoms with E-state index in [4.69, 9.17) is 0 Å². The minimum atomic E-state index is -1.22. The zero-order valence-corrected chi connectivity index (χ0v) is 16.6. The molecule has 8 heteroatoms. The van der Waals surface area contributed by atoms with Gasteiger partial charge in [-0.25, -0.2) is 4.79 Å². The number of benzene rings is 2. The second-order valence-electron chi connectivity index (χ2n) is 6.46. The molecule has 7 nitrogen and oxygen atoms in total. The highest BCUT2D eigenvalue weighted by Crippen LogP contribution is 2.18. The topological polar surface area (TPSA) is 81.8 Å². The van der Waals surface area contributed by atoms with Crippen LogP contribution in [0.25, 0.3) is 0 Å². The number of amides is 3. The van der Waals surface area contributed by atoms with Gasteiger partial charge in [0, 0.05) is 38.1 Å². The molecule has 2 N–H and O–H groups in total. The second-order valence-corrected chi connectivity index (χ2v) is 7.81. The molecule has 2 aromatic rings. The van der Waals surface area contributed by atoms with Crippen molar-refractivity contribution in [2.45, 2.75) is 4.90 Å². The molecule has 2 aromatic carbocycles. The summed E-state index contributed by atoms with van der Waals surface area (Å²) in [4.78, 5) is 29.0. The number of para-hydroxylation sites is 2. The Labute approximate surface area is 167 Å². The molecule has 0 bridgehead atoms. The van der Waals surface area contributed by atoms with Gasteiger partial charge in [-0.3, -0.25) is 9.00 Å². The highest BCUT2D eigenvalue weighted by Gasteiger charge is 2.21. The van der Waals surface area contributed by atoms with E-state index in [0.717, 1.165) is 18.8 Å². The van der Waals surface area contributed by atoms with E-state index in [1.165, 1.54) is 0 Å². The predicted molar refractivity (Wildman–Crippen MR) is 111 cm³/mol. The van der Waals surface area contributed by atoms with Crippen LogP contribution in [0.2, 0.25) is 0 Å². The summed E-state index contributed by atoms with van der Waals surface area (Å²) in [7, 11) is -1.22. The largest absolute Gasteiger partial charge is 0.368 e. The second kappa shape index (κ2) is 9.36. The van der Waals surface area contributed by atoms with Crippen LogP contribution in [-0.4, -0.2) is 60.0 Å². The maximum Gasteiger partial charge on any atom is 0.319 e. The molecule has 1 atom stereocenters. The number of carbonyl (C=O) groups excluding carboxylic acids is 2. The molecule has 3 amide bonds. The quantitative estimate of drug-likeness (QED) is 0.803. The van der Waals surface area contributed by atoms with Crippen LogP contribution in [0.4, 0.5) is 16.2 Å². The predicted octanol–water partition coefficient (Wildman–Crippen LogP) is 1.89. The molecule has 1 aliphatic heterocycles. The SMILES string of the molecule is CS(=O)c1ccccc1NC(=O)NCC(=O)N1CCN(c2ccccc2)CC1. The Balaban J connectivity index is 1.46. The Hall–Kier alpha value is -2.87. The van der Waals surface area contributed by atoms with E-state index in [1.807, 2.05) is 18.2 Å². The van der Waals surface area contributed by atoms with Gasteiger partial charge in [0.25, 0.3) is 0 Å². The van der Waals surface area contributed by atoms with E-state index >= 15 is 0 Å². The van der Waals surface area contributed by atoms with Gasteiger partial charge < -0.3 is 20.4 Å². The van der Waals surface area contributed by atoms with Crippen molar-refractivity contribution in [3.05, 3.63) is 54.6 Å². The molecule has 28 heavy (non-hydrogen) atoms. The van der Waals surface area contributed by atoms with E-state index in [1.54, 1.807) is 35.4 Å². The van der Waals surface area contributed by atoms with E-state index in [-0.39, 0.29) is 12.5 Å². The Kier molecular flexibility index (Phi) is 6.65. The fraction of sp³-hybridized carbons (Fsp3) is 0.300. The van der Waals surface area contributed by atoms with Crippen LogP contribution < -0.4 is 15.5 Å². The monoisotopic (exact) mass is 400 g/mol. The van der Waals surface area contributed by atoms with Crippen molar-refractivity contribution in [3.63, 3.8) is 0 Å². The lowest BCUT2D eigenvalue weighted by Crippen LogP contribution is -2.51. The van der Waals surface area contributed by atoms with Crippen LogP contribution in [0, 0.1) is 0 Å². The van der Waals surface area contributed by atoms with Crippen molar-refractivity contribution < 1.29 is 13.8 Å². The molecule has 0 saturated carbocycles. The molecule has 0 aliphatic carbocycles. The molecule has 1 saturated heterocycles. The summed E-state index contributed by atoms with van der Waals surface area (Å²) in [6, 6.07) is 16.5. The Morgan fingerprint density at radius 1 is 0.964 bits per heavy atom. The van der Waals surface area contributed by atoms with Gasteiger partial charge in [0.15, 0.2) is 0 Å². The minimum absolute atomic E-state index is 0.0748. The van der Waals surface area contributed by atoms with Crippen LogP contribution in [0.3, 0.4) is 0 Å². The number of carbonyl (C=O) groups is 2. The van der Waals surface area contributed by atoms with E-state index in [9.17, 15) is 13.8 Å². The van der Waals surface area contributed by atoms with Crippen LogP contribution in [0.15, 0.2) is 59.5 Å². The van der Waals surface area contributed by atoms with Crippen molar-refractivity contribution >= 4 is 34.1 Å². The molecular formula is C20H24N4O3S. The molecule has 148 valence electrons. The van der Waals surface area contributed by atoms with Gasteiger partial charge in [0.2, 0.25) is 5.91 Å². The number of urea groups is 1. The van der Waals surface area contributed by atoms with E-state index < -0.39 is 16.8 Å². The number of nitrogens with one attached hydrogen (secondary N) is 2. The molecule has 1 aliphatic rings. The molecule has 3 rings (SSSR count). The summed E-state index contributed by atoms with van der Waals surface area (Å²) < 4.78 is 11.7. The lowest BCUT2D eigenvalue weighted by atomic mass is 10.2. The maximum absolute atomic E-state index is 12.4. The zero-order valence-electron chi connectivity index (χ0n) is 15.8. The Bertz CT molecular complexity index is 852. The van der Waals surface area contributed by atoms with Crippen molar-refractivity contribution in [2.75, 3.05) is 49.2 Å². The molecule has 0 aromatic heterocycles. The standard InChI is InChI=1S/C20H24N4O3S/c1-28(27)18-10-6-5-9-17(18)22-20(26)21-15-19(25)24-13-11-23(12-14-24)16-7-3-2-4-8-16/h2-10H,11-15H2,1H3,(H2,21,22,26). The molecule has 1 unspecified atom stereocenters. The number of hydrogen-bond acceptors (Lipinski definition) is 4. The lowest BCUT2D eigenvalue weighted by Gasteiger charge is -2.36. The highest BCUT2D eigenvalue weighted by molar-refractivity contribution is 7.84. The van der Waals surface area contributed by atoms with E-state index in [0.29, 0.717) is 23.7 Å². The highest BCUT2D eigenvalue weighted by atomic mass is 32.2. The van der Waals surface area contributed by atoms with Crippen molar-refractivity contribution in [1.29, 1.82) is 0 Å². The first kappa shape index (κ1) is 19.9. The number of rotatable bonds is 5. The van der Waals surface area contributed by atoms with Gasteiger partial charge in [-0.1, -0.05) is 30.3 Å². The van der Waals surface area contributed by atoms with Gasteiger partial charge >= 0.3 is 6.03 Å². The smallest absolute Gasteiger partial charge is 0.319 e. The molecule has 0 spiro atoms. The first-order chi connectivity index (χ1) is 13.5. The van der Waals surface area contributed by atoms with Crippen LogP contribution in [0.1, 0.15) is 0 Å². The zero-order chi connectivity index (χ0) is 19.9. The number of anilines is 2. The molecule has 1 fully saturated rings. The van der Waals surface area contributed by atoms with Gasteiger partial charge in [-0.2, -0.15) is 0 Å². The van der Waals surface area contributed by atoms with Crippen molar-refractivity contribution in [3.8, 4) is 0 Å². The van der Waals surface area contributed by atoms with E-state index in [2.05, 4.69) is 27.7 Å². The fourth-order valence-electron chi connectivity index (χ4n) is 3.11. The third-order valence-corrected chi connectivity index (χ3v) is 5.57. The van der Waals surface area contributed by atoms with Gasteiger partial charge in [-0.15, -0.1) is 0 Å². The first-order valence-corrected chi connectivity index (χ1v) is 10.7. The summed E-state index contributed by atoms with van der Waals surface area (Å²) >= 11 is 0. The summed E-state index contributed by atoms with van der Waals surface area (Å²) in [5.41, 5.74) is 1.63. The summed E-state index contributed by atoms with van der Waals surface area (Å²) in [6.45, 7) is 2.69. The van der Waals surface area contributed by atoms with Crippen LogP contribution in [-0.2, 0) is 15.6 Å². The normalized spacial score (nSPS) is 15.0. The average Bonchev–Trinajstić information content (AvgIpc) is 2.73. The molecular weight excluding hydrogens is 376 g/mol. The number of nitrogens with zero attached hydrogens (tertiary/aromatic N) is 2. The van der Waals surface area contributed by atoms with Crippen molar-refractivity contribution in [2.24, 2.45) is 0 Å². The van der Waals surface area contributed by atoms with Gasteiger partial charge in [-0.05, 0) is 24.3 Å². The maximum atomic E-state index is 12.4. The first-order valence-electron chi connectivity index (χ1n) is 9.09. The summed E-state index contributed by atoms with van der Waals surface area (Å²) in [5, 5.41) is 5.24. The third kappa shape index (κ3) is 5.10. The average molecular weight is 401 g/mol. The van der Waals surface area contributed by atoms with Gasteiger partial charge in [0.1, 0.15) is 0 Å². The van der Waals surface area contributed by atoms with Crippen LogP contribution in [0.5, 0.6) is 0 Å². The van der Waals surface area contributed by atoms with Crippen molar-refractivity contribution in [1.82, 2.24) is 10.2 Å². The summed E-state index contributed by atoms with van der Waals surface area (Å²) in [6.07, 6.45) is 1.55. The Morgan fingerprint density at radius 3 is 2.29 bits per heavy atom. The Morgan fingerprint density at radius 2 is 1.61 bits per heavy atom. The van der Waals surface area contributed by atoms with Gasteiger partial charge in [0.05, 0.1) is 27.9 Å². The lowest BCUT2D eigenvalue weighted by molar-refractivity contribution is -0.130. The fourth-order valence-corrected chi connectivity index (χ4v) is 3.81. The number of hydrogen-bond donors (Lipinski definition) is 2. The molecule has 1 heterocycles.